The Morgan fingerprint density at radius 2 is 1.85 bits per heavy atom. The van der Waals surface area contributed by atoms with Gasteiger partial charge in [-0.05, 0) is 17.5 Å². The van der Waals surface area contributed by atoms with Crippen molar-refractivity contribution in [3.05, 3.63) is 70.7 Å². The Kier molecular flexibility index (Phi) is 5.96. The molecule has 0 saturated carbocycles. The summed E-state index contributed by atoms with van der Waals surface area (Å²) in [6.07, 6.45) is 1.03. The van der Waals surface area contributed by atoms with Crippen molar-refractivity contribution in [1.29, 1.82) is 0 Å². The summed E-state index contributed by atoms with van der Waals surface area (Å²) >= 11 is 1.42. The van der Waals surface area contributed by atoms with Gasteiger partial charge in [-0.1, -0.05) is 66.8 Å². The van der Waals surface area contributed by atoms with E-state index in [2.05, 4.69) is 34.6 Å². The van der Waals surface area contributed by atoms with Crippen molar-refractivity contribution in [3.8, 4) is 5.75 Å². The Labute approximate surface area is 157 Å². The van der Waals surface area contributed by atoms with E-state index in [9.17, 15) is 4.79 Å². The molecule has 0 saturated heterocycles. The van der Waals surface area contributed by atoms with Gasteiger partial charge in [-0.2, -0.15) is 0 Å². The minimum absolute atomic E-state index is 0.131. The number of hydrogen-bond acceptors (Lipinski definition) is 5. The van der Waals surface area contributed by atoms with Crippen molar-refractivity contribution in [1.82, 2.24) is 10.2 Å². The maximum Gasteiger partial charge on any atom is 0.230 e. The van der Waals surface area contributed by atoms with Crippen molar-refractivity contribution >= 4 is 22.4 Å². The number of hydrogen-bond donors (Lipinski definition) is 1. The van der Waals surface area contributed by atoms with Crippen molar-refractivity contribution < 1.29 is 9.53 Å². The molecule has 3 aromatic rings. The van der Waals surface area contributed by atoms with Gasteiger partial charge in [-0.3, -0.25) is 4.79 Å². The Bertz CT molecular complexity index is 864. The van der Waals surface area contributed by atoms with Crippen molar-refractivity contribution in [3.63, 3.8) is 0 Å². The Hall–Kier alpha value is -2.73. The molecule has 0 aliphatic heterocycles. The predicted molar refractivity (Wildman–Crippen MR) is 104 cm³/mol. The Balaban J connectivity index is 1.59. The topological polar surface area (TPSA) is 64.1 Å². The molecule has 26 heavy (non-hydrogen) atoms. The lowest BCUT2D eigenvalue weighted by Crippen LogP contribution is -2.14. The number of benzene rings is 2. The highest BCUT2D eigenvalue weighted by molar-refractivity contribution is 7.15. The second kappa shape index (κ2) is 8.58. The van der Waals surface area contributed by atoms with E-state index in [0.29, 0.717) is 16.8 Å². The number of ether oxygens (including phenoxy) is 1. The molecule has 1 heterocycles. The molecule has 1 aromatic heterocycles. The van der Waals surface area contributed by atoms with Gasteiger partial charge in [0.15, 0.2) is 0 Å². The fraction of sp³-hybridized carbons (Fsp3) is 0.250. The molecule has 2 aromatic carbocycles. The highest BCUT2D eigenvalue weighted by Crippen LogP contribution is 2.24. The number of rotatable bonds is 7. The quantitative estimate of drug-likeness (QED) is 0.683. The molecule has 1 N–H and O–H groups in total. The molecule has 0 aliphatic carbocycles. The molecule has 0 fully saturated rings. The Morgan fingerprint density at radius 3 is 2.62 bits per heavy atom. The Morgan fingerprint density at radius 1 is 1.12 bits per heavy atom. The van der Waals surface area contributed by atoms with Crippen LogP contribution in [0.25, 0.3) is 0 Å². The van der Waals surface area contributed by atoms with Gasteiger partial charge < -0.3 is 10.1 Å². The summed E-state index contributed by atoms with van der Waals surface area (Å²) in [5.74, 6) is 0.923. The predicted octanol–water partition coefficient (Wildman–Crippen LogP) is 4.07. The maximum absolute atomic E-state index is 12.3. The second-order valence-corrected chi connectivity index (χ2v) is 7.12. The summed E-state index contributed by atoms with van der Waals surface area (Å²) < 4.78 is 5.28. The summed E-state index contributed by atoms with van der Waals surface area (Å²) in [7, 11) is 1.60. The SMILES string of the molecule is COc1ccccc1CC(=O)Nc1nnc(CC(C)c2ccccc2)s1. The van der Waals surface area contributed by atoms with Crippen LogP contribution >= 0.6 is 11.3 Å². The third-order valence-corrected chi connectivity index (χ3v) is 4.97. The van der Waals surface area contributed by atoms with Gasteiger partial charge in [0.25, 0.3) is 0 Å². The van der Waals surface area contributed by atoms with Crippen LogP contribution in [0, 0.1) is 0 Å². The first-order valence-corrected chi connectivity index (χ1v) is 9.26. The zero-order valence-electron chi connectivity index (χ0n) is 14.8. The minimum Gasteiger partial charge on any atom is -0.496 e. The van der Waals surface area contributed by atoms with E-state index in [-0.39, 0.29) is 12.3 Å². The van der Waals surface area contributed by atoms with Crippen LogP contribution in [-0.4, -0.2) is 23.2 Å². The lowest BCUT2D eigenvalue weighted by molar-refractivity contribution is -0.115. The molecule has 1 amide bonds. The fourth-order valence-corrected chi connectivity index (χ4v) is 3.62. The van der Waals surface area contributed by atoms with E-state index in [1.807, 2.05) is 42.5 Å². The van der Waals surface area contributed by atoms with Crippen molar-refractivity contribution in [2.75, 3.05) is 12.4 Å². The molecule has 0 bridgehead atoms. The molecule has 1 atom stereocenters. The van der Waals surface area contributed by atoms with Crippen LogP contribution in [0.2, 0.25) is 0 Å². The van der Waals surface area contributed by atoms with Crippen LogP contribution in [0.4, 0.5) is 5.13 Å². The first kappa shape index (κ1) is 18.1. The van der Waals surface area contributed by atoms with E-state index in [0.717, 1.165) is 17.0 Å². The molecule has 6 heteroatoms. The highest BCUT2D eigenvalue weighted by atomic mass is 32.1. The number of aromatic nitrogens is 2. The maximum atomic E-state index is 12.3. The zero-order valence-corrected chi connectivity index (χ0v) is 15.6. The van der Waals surface area contributed by atoms with Crippen molar-refractivity contribution in [2.24, 2.45) is 0 Å². The van der Waals surface area contributed by atoms with Gasteiger partial charge in [0.2, 0.25) is 11.0 Å². The van der Waals surface area contributed by atoms with E-state index < -0.39 is 0 Å². The van der Waals surface area contributed by atoms with Crippen molar-refractivity contribution in [2.45, 2.75) is 25.7 Å². The number of anilines is 1. The average Bonchev–Trinajstić information content (AvgIpc) is 3.09. The third-order valence-electron chi connectivity index (χ3n) is 4.11. The van der Waals surface area contributed by atoms with Gasteiger partial charge in [-0.25, -0.2) is 0 Å². The molecule has 1 unspecified atom stereocenters. The summed E-state index contributed by atoms with van der Waals surface area (Å²) in [5, 5.41) is 12.6. The average molecular weight is 367 g/mol. The van der Waals surface area contributed by atoms with Gasteiger partial charge in [0.1, 0.15) is 10.8 Å². The van der Waals surface area contributed by atoms with E-state index >= 15 is 0 Å². The van der Waals surface area contributed by atoms with Gasteiger partial charge >= 0.3 is 0 Å². The van der Waals surface area contributed by atoms with E-state index in [1.54, 1.807) is 7.11 Å². The highest BCUT2D eigenvalue weighted by Gasteiger charge is 2.13. The van der Waals surface area contributed by atoms with E-state index in [1.165, 1.54) is 16.9 Å². The summed E-state index contributed by atoms with van der Waals surface area (Å²) in [6.45, 7) is 2.16. The second-order valence-electron chi connectivity index (χ2n) is 6.05. The molecule has 0 radical (unpaired) electrons. The summed E-state index contributed by atoms with van der Waals surface area (Å²) in [6, 6.07) is 17.8. The first-order chi connectivity index (χ1) is 12.7. The van der Waals surface area contributed by atoms with Crippen LogP contribution in [0.5, 0.6) is 5.75 Å². The van der Waals surface area contributed by atoms with Crippen LogP contribution in [-0.2, 0) is 17.6 Å². The minimum atomic E-state index is -0.131. The molecule has 3 rings (SSSR count). The molecule has 0 spiro atoms. The first-order valence-electron chi connectivity index (χ1n) is 8.44. The number of nitrogens with one attached hydrogen (secondary N) is 1. The number of carbonyl (C=O) groups is 1. The van der Waals surface area contributed by atoms with Gasteiger partial charge in [-0.15, -0.1) is 10.2 Å². The number of nitrogens with zero attached hydrogens (tertiary/aromatic N) is 2. The van der Waals surface area contributed by atoms with Crippen LogP contribution < -0.4 is 10.1 Å². The normalized spacial score (nSPS) is 11.8. The number of amides is 1. The number of methoxy groups -OCH3 is 1. The molecule has 5 nitrogen and oxygen atoms in total. The van der Waals surface area contributed by atoms with Gasteiger partial charge in [0.05, 0.1) is 13.5 Å². The van der Waals surface area contributed by atoms with Crippen LogP contribution in [0.15, 0.2) is 54.6 Å². The lowest BCUT2D eigenvalue weighted by atomic mass is 9.98. The number of para-hydroxylation sites is 1. The molecule has 134 valence electrons. The van der Waals surface area contributed by atoms with Crippen LogP contribution in [0.3, 0.4) is 0 Å². The summed E-state index contributed by atoms with van der Waals surface area (Å²) in [5.41, 5.74) is 2.11. The number of carbonyl (C=O) groups excluding carboxylic acids is 1. The largest absolute Gasteiger partial charge is 0.496 e. The molecular weight excluding hydrogens is 346 g/mol. The van der Waals surface area contributed by atoms with Gasteiger partial charge in [0, 0.05) is 12.0 Å². The smallest absolute Gasteiger partial charge is 0.230 e. The molecular formula is C20H21N3O2S. The lowest BCUT2D eigenvalue weighted by Gasteiger charge is -2.08. The monoisotopic (exact) mass is 367 g/mol. The zero-order chi connectivity index (χ0) is 18.4. The summed E-state index contributed by atoms with van der Waals surface area (Å²) in [4.78, 5) is 12.3. The van der Waals surface area contributed by atoms with E-state index in [4.69, 9.17) is 4.74 Å². The van der Waals surface area contributed by atoms with Crippen LogP contribution in [0.1, 0.15) is 29.0 Å². The third kappa shape index (κ3) is 4.67. The standard InChI is InChI=1S/C20H21N3O2S/c1-14(15-8-4-3-5-9-15)12-19-22-23-20(26-19)21-18(24)13-16-10-6-7-11-17(16)25-2/h3-11,14H,12-13H2,1-2H3,(H,21,23,24). The molecule has 0 aliphatic rings. The fourth-order valence-electron chi connectivity index (χ4n) is 2.73.